The Balaban J connectivity index is 1.96. The molecule has 0 radical (unpaired) electrons. The van der Waals surface area contributed by atoms with Crippen LogP contribution in [0.2, 0.25) is 0 Å². The van der Waals surface area contributed by atoms with E-state index in [1.165, 1.54) is 43.0 Å². The molecule has 2 unspecified atom stereocenters. The lowest BCUT2D eigenvalue weighted by atomic mass is 9.75. The van der Waals surface area contributed by atoms with Gasteiger partial charge in [-0.2, -0.15) is 0 Å². The summed E-state index contributed by atoms with van der Waals surface area (Å²) in [6, 6.07) is 0.549. The summed E-state index contributed by atoms with van der Waals surface area (Å²) in [6.45, 7) is 9.31. The Bertz CT molecular complexity index is 311. The van der Waals surface area contributed by atoms with Gasteiger partial charge in [0.15, 0.2) is 5.17 Å². The molecule has 98 valence electrons. The molecule has 2 rings (SSSR count). The molecule has 2 aliphatic rings. The van der Waals surface area contributed by atoms with E-state index in [0.29, 0.717) is 11.5 Å². The molecule has 0 bridgehead atoms. The monoisotopic (exact) mass is 254 g/mol. The summed E-state index contributed by atoms with van der Waals surface area (Å²) in [5, 5.41) is 4.80. The summed E-state index contributed by atoms with van der Waals surface area (Å²) in [5.74, 6) is 1.17. The van der Waals surface area contributed by atoms with Crippen LogP contribution in [0.5, 0.6) is 0 Å². The van der Waals surface area contributed by atoms with Crippen LogP contribution in [0.15, 0.2) is 4.99 Å². The van der Waals surface area contributed by atoms with Gasteiger partial charge in [-0.3, -0.25) is 4.99 Å². The highest BCUT2D eigenvalue weighted by atomic mass is 32.2. The molecule has 2 fully saturated rings. The molecule has 0 spiro atoms. The zero-order chi connectivity index (χ0) is 12.5. The van der Waals surface area contributed by atoms with Gasteiger partial charge in [-0.25, -0.2) is 0 Å². The first-order valence-corrected chi connectivity index (χ1v) is 7.90. The van der Waals surface area contributed by atoms with Crippen molar-refractivity contribution < 1.29 is 0 Å². The van der Waals surface area contributed by atoms with Crippen molar-refractivity contribution in [3.05, 3.63) is 0 Å². The van der Waals surface area contributed by atoms with Gasteiger partial charge in [0.2, 0.25) is 0 Å². The molecule has 0 amide bonds. The van der Waals surface area contributed by atoms with Crippen molar-refractivity contribution in [3.8, 4) is 0 Å². The molecule has 3 heteroatoms. The second kappa shape index (κ2) is 4.83. The fourth-order valence-corrected chi connectivity index (χ4v) is 4.03. The van der Waals surface area contributed by atoms with Crippen LogP contribution in [0.4, 0.5) is 0 Å². The minimum Gasteiger partial charge on any atom is -0.359 e. The predicted octanol–water partition coefficient (Wildman–Crippen LogP) is 3.82. The van der Waals surface area contributed by atoms with Gasteiger partial charge in [-0.05, 0) is 38.0 Å². The van der Waals surface area contributed by atoms with Crippen molar-refractivity contribution in [1.82, 2.24) is 5.32 Å². The molecule has 2 nitrogen and oxygen atoms in total. The van der Waals surface area contributed by atoms with E-state index >= 15 is 0 Å². The highest BCUT2D eigenvalue weighted by molar-refractivity contribution is 8.14. The van der Waals surface area contributed by atoms with Crippen LogP contribution in [-0.2, 0) is 0 Å². The van der Waals surface area contributed by atoms with Gasteiger partial charge >= 0.3 is 0 Å². The summed E-state index contributed by atoms with van der Waals surface area (Å²) < 4.78 is 0. The Kier molecular flexibility index (Phi) is 3.77. The topological polar surface area (TPSA) is 24.4 Å². The smallest absolute Gasteiger partial charge is 0.157 e. The summed E-state index contributed by atoms with van der Waals surface area (Å²) in [7, 11) is 0. The largest absolute Gasteiger partial charge is 0.359 e. The third-order valence-electron chi connectivity index (χ3n) is 4.20. The lowest BCUT2D eigenvalue weighted by molar-refractivity contribution is 0.222. The Morgan fingerprint density at radius 1 is 1.41 bits per heavy atom. The maximum Gasteiger partial charge on any atom is 0.157 e. The average Bonchev–Trinajstić information content (AvgIpc) is 2.60. The van der Waals surface area contributed by atoms with Crippen LogP contribution in [0.1, 0.15) is 59.8 Å². The van der Waals surface area contributed by atoms with E-state index in [0.717, 1.165) is 0 Å². The summed E-state index contributed by atoms with van der Waals surface area (Å²) in [6.07, 6.45) is 6.40. The number of hydrogen-bond acceptors (Lipinski definition) is 2. The van der Waals surface area contributed by atoms with E-state index < -0.39 is 0 Å². The van der Waals surface area contributed by atoms with Gasteiger partial charge in [-0.15, -0.1) is 0 Å². The Morgan fingerprint density at radius 3 is 2.76 bits per heavy atom. The fourth-order valence-electron chi connectivity index (χ4n) is 2.75. The van der Waals surface area contributed by atoms with E-state index in [9.17, 15) is 0 Å². The molecule has 1 saturated carbocycles. The van der Waals surface area contributed by atoms with E-state index in [4.69, 9.17) is 4.99 Å². The van der Waals surface area contributed by atoms with Gasteiger partial charge < -0.3 is 5.32 Å². The number of aliphatic imine (C=N–C) groups is 1. The molecule has 1 aliphatic carbocycles. The number of thioether (sulfide) groups is 1. The minimum atomic E-state index is 0.272. The normalized spacial score (nSPS) is 39.3. The van der Waals surface area contributed by atoms with Crippen molar-refractivity contribution in [2.45, 2.75) is 71.4 Å². The third-order valence-corrected chi connectivity index (χ3v) is 5.46. The molecule has 0 aromatic rings. The lowest BCUT2D eigenvalue weighted by Gasteiger charge is -2.33. The highest BCUT2D eigenvalue weighted by Crippen LogP contribution is 2.37. The van der Waals surface area contributed by atoms with Crippen molar-refractivity contribution in [2.24, 2.45) is 10.4 Å². The Labute approximate surface area is 110 Å². The molecule has 1 N–H and O–H groups in total. The van der Waals surface area contributed by atoms with Crippen LogP contribution in [0, 0.1) is 5.41 Å². The SMILES string of the molecule is CCC1(C)CSC(=NC2CCCC(C)(C)C2)N1. The zero-order valence-corrected chi connectivity index (χ0v) is 12.5. The summed E-state index contributed by atoms with van der Waals surface area (Å²) in [4.78, 5) is 4.94. The average molecular weight is 254 g/mol. The van der Waals surface area contributed by atoms with E-state index in [1.807, 2.05) is 11.8 Å². The van der Waals surface area contributed by atoms with Crippen molar-refractivity contribution in [1.29, 1.82) is 0 Å². The molecule has 0 aromatic carbocycles. The fraction of sp³-hybridized carbons (Fsp3) is 0.929. The first-order chi connectivity index (χ1) is 7.92. The van der Waals surface area contributed by atoms with Crippen LogP contribution >= 0.6 is 11.8 Å². The van der Waals surface area contributed by atoms with Crippen LogP contribution in [0.3, 0.4) is 0 Å². The van der Waals surface area contributed by atoms with Crippen LogP contribution < -0.4 is 5.32 Å². The second-order valence-corrected chi connectivity index (χ2v) is 7.64. The molecular formula is C14H26N2S. The molecule has 1 saturated heterocycles. The minimum absolute atomic E-state index is 0.272. The van der Waals surface area contributed by atoms with Crippen molar-refractivity contribution >= 4 is 16.9 Å². The highest BCUT2D eigenvalue weighted by Gasteiger charge is 2.33. The molecule has 17 heavy (non-hydrogen) atoms. The molecule has 1 heterocycles. The second-order valence-electron chi connectivity index (χ2n) is 6.68. The van der Waals surface area contributed by atoms with Crippen LogP contribution in [0.25, 0.3) is 0 Å². The van der Waals surface area contributed by atoms with Crippen LogP contribution in [-0.4, -0.2) is 22.5 Å². The summed E-state index contributed by atoms with van der Waals surface area (Å²) >= 11 is 1.91. The van der Waals surface area contributed by atoms with Crippen molar-refractivity contribution in [3.63, 3.8) is 0 Å². The lowest BCUT2D eigenvalue weighted by Crippen LogP contribution is -2.40. The zero-order valence-electron chi connectivity index (χ0n) is 11.7. The van der Waals surface area contributed by atoms with Gasteiger partial charge in [-0.1, -0.05) is 39.0 Å². The number of nitrogens with one attached hydrogen (secondary N) is 1. The van der Waals surface area contributed by atoms with Crippen molar-refractivity contribution in [2.75, 3.05) is 5.75 Å². The number of amidine groups is 1. The first-order valence-electron chi connectivity index (χ1n) is 6.91. The van der Waals surface area contributed by atoms with Gasteiger partial charge in [0.25, 0.3) is 0 Å². The predicted molar refractivity (Wildman–Crippen MR) is 77.8 cm³/mol. The third kappa shape index (κ3) is 3.40. The molecule has 2 atom stereocenters. The molecule has 1 aliphatic heterocycles. The quantitative estimate of drug-likeness (QED) is 0.810. The summed E-state index contributed by atoms with van der Waals surface area (Å²) in [5.41, 5.74) is 0.762. The Morgan fingerprint density at radius 2 is 2.18 bits per heavy atom. The van der Waals surface area contributed by atoms with E-state index in [-0.39, 0.29) is 5.54 Å². The number of hydrogen-bond donors (Lipinski definition) is 1. The first kappa shape index (κ1) is 13.3. The number of nitrogens with zero attached hydrogens (tertiary/aromatic N) is 1. The molecular weight excluding hydrogens is 228 g/mol. The van der Waals surface area contributed by atoms with Gasteiger partial charge in [0.1, 0.15) is 0 Å². The maximum atomic E-state index is 4.94. The number of rotatable bonds is 2. The van der Waals surface area contributed by atoms with E-state index in [1.54, 1.807) is 0 Å². The van der Waals surface area contributed by atoms with Gasteiger partial charge in [0, 0.05) is 11.3 Å². The van der Waals surface area contributed by atoms with Gasteiger partial charge in [0.05, 0.1) is 6.04 Å². The molecule has 0 aromatic heterocycles. The Hall–Kier alpha value is -0.180. The van der Waals surface area contributed by atoms with E-state index in [2.05, 4.69) is 33.0 Å². The maximum absolute atomic E-state index is 4.94. The standard InChI is InChI=1S/C14H26N2S/c1-5-14(4)10-17-12(16-14)15-11-7-6-8-13(2,3)9-11/h11H,5-10H2,1-4H3,(H,15,16).